The third-order valence-corrected chi connectivity index (χ3v) is 2.64. The topological polar surface area (TPSA) is 150 Å². The molecule has 0 unspecified atom stereocenters. The number of phenolic OH excluding ortho intramolecular Hbond substituents is 1. The summed E-state index contributed by atoms with van der Waals surface area (Å²) >= 11 is 0. The van der Waals surface area contributed by atoms with Gasteiger partial charge in [0.1, 0.15) is 24.1 Å². The van der Waals surface area contributed by atoms with Gasteiger partial charge in [-0.2, -0.15) is 0 Å². The Morgan fingerprint density at radius 2 is 1.80 bits per heavy atom. The number of rotatable bonds is 6. The van der Waals surface area contributed by atoms with Gasteiger partial charge in [0.25, 0.3) is 5.91 Å². The molecule has 0 fully saturated rings. The lowest BCUT2D eigenvalue weighted by Crippen LogP contribution is -2.50. The van der Waals surface area contributed by atoms with Crippen LogP contribution in [0.15, 0.2) is 24.3 Å². The van der Waals surface area contributed by atoms with Crippen molar-refractivity contribution in [2.45, 2.75) is 24.4 Å². The van der Waals surface area contributed by atoms with E-state index in [1.54, 1.807) is 0 Å². The Morgan fingerprint density at radius 1 is 1.15 bits per heavy atom. The molecule has 0 saturated heterocycles. The van der Waals surface area contributed by atoms with E-state index < -0.39 is 36.9 Å². The highest BCUT2D eigenvalue weighted by molar-refractivity contribution is 5.94. The first kappa shape index (κ1) is 16.3. The van der Waals surface area contributed by atoms with Crippen LogP contribution in [0.2, 0.25) is 0 Å². The predicted molar refractivity (Wildman–Crippen MR) is 67.8 cm³/mol. The number of nitrogens with one attached hydrogen (secondary N) is 1. The molecule has 1 aromatic rings. The molecular formula is C12H17NO7. The normalized spacial score (nSPS) is 17.1. The van der Waals surface area contributed by atoms with Gasteiger partial charge in [-0.15, -0.1) is 0 Å². The van der Waals surface area contributed by atoms with Crippen LogP contribution < -0.4 is 5.32 Å². The van der Waals surface area contributed by atoms with Crippen LogP contribution in [0.1, 0.15) is 0 Å². The maximum Gasteiger partial charge on any atom is 0.256 e. The standard InChI is InChI=1S/C12H17NO7/c14-5-8(16)9(17)10(18)11(19)12(20)13-6-2-1-3-7(15)4-6/h1-4,8-11,14-19H,5H2,(H,13,20)/t8-,9-,10-,11+/m1/s1. The Hall–Kier alpha value is -1.71. The number of aromatic hydroxyl groups is 1. The van der Waals surface area contributed by atoms with Crippen molar-refractivity contribution in [2.75, 3.05) is 11.9 Å². The molecule has 8 nitrogen and oxygen atoms in total. The summed E-state index contributed by atoms with van der Waals surface area (Å²) < 4.78 is 0. The highest BCUT2D eigenvalue weighted by atomic mass is 16.4. The summed E-state index contributed by atoms with van der Waals surface area (Å²) in [5.41, 5.74) is 0.179. The number of carbonyl (C=O) groups excluding carboxylic acids is 1. The zero-order valence-electron chi connectivity index (χ0n) is 10.4. The summed E-state index contributed by atoms with van der Waals surface area (Å²) in [5.74, 6) is -1.14. The average molecular weight is 287 g/mol. The zero-order chi connectivity index (χ0) is 15.3. The third kappa shape index (κ3) is 4.15. The molecule has 4 atom stereocenters. The number of anilines is 1. The third-order valence-electron chi connectivity index (χ3n) is 2.64. The largest absolute Gasteiger partial charge is 0.508 e. The van der Waals surface area contributed by atoms with Gasteiger partial charge in [-0.25, -0.2) is 0 Å². The Balaban J connectivity index is 2.67. The number of benzene rings is 1. The molecule has 0 aromatic heterocycles. The van der Waals surface area contributed by atoms with E-state index in [1.165, 1.54) is 24.3 Å². The van der Waals surface area contributed by atoms with Gasteiger partial charge in [0, 0.05) is 11.8 Å². The molecule has 0 radical (unpaired) electrons. The van der Waals surface area contributed by atoms with E-state index in [0.717, 1.165) is 0 Å². The predicted octanol–water partition coefficient (Wildman–Crippen LogP) is -2.23. The van der Waals surface area contributed by atoms with Crippen LogP contribution in [0, 0.1) is 0 Å². The molecule has 112 valence electrons. The van der Waals surface area contributed by atoms with Gasteiger partial charge in [-0.1, -0.05) is 6.07 Å². The van der Waals surface area contributed by atoms with Crippen LogP contribution in [0.5, 0.6) is 5.75 Å². The summed E-state index contributed by atoms with van der Waals surface area (Å²) in [6.45, 7) is -0.834. The summed E-state index contributed by atoms with van der Waals surface area (Å²) in [5, 5.41) is 57.6. The molecule has 1 amide bonds. The van der Waals surface area contributed by atoms with Crippen molar-refractivity contribution < 1.29 is 35.4 Å². The Labute approximate surface area is 114 Å². The average Bonchev–Trinajstić information content (AvgIpc) is 2.43. The SMILES string of the molecule is O=C(Nc1cccc(O)c1)[C@@H](O)[C@H](O)[C@H](O)[C@H](O)CO. The minimum atomic E-state index is -2.02. The van der Waals surface area contributed by atoms with Gasteiger partial charge in [0.2, 0.25) is 0 Å². The van der Waals surface area contributed by atoms with Gasteiger partial charge in [-0.3, -0.25) is 4.79 Å². The molecule has 0 spiro atoms. The molecule has 1 aromatic carbocycles. The molecule has 0 aliphatic rings. The van der Waals surface area contributed by atoms with Crippen LogP contribution in [-0.2, 0) is 4.79 Å². The van der Waals surface area contributed by atoms with E-state index in [-0.39, 0.29) is 11.4 Å². The lowest BCUT2D eigenvalue weighted by Gasteiger charge is -2.24. The summed E-state index contributed by atoms with van der Waals surface area (Å²) in [4.78, 5) is 11.6. The van der Waals surface area contributed by atoms with Crippen LogP contribution in [-0.4, -0.2) is 67.6 Å². The van der Waals surface area contributed by atoms with Gasteiger partial charge in [-0.05, 0) is 12.1 Å². The minimum Gasteiger partial charge on any atom is -0.508 e. The molecule has 20 heavy (non-hydrogen) atoms. The van der Waals surface area contributed by atoms with Crippen molar-refractivity contribution >= 4 is 11.6 Å². The summed E-state index contributed by atoms with van der Waals surface area (Å²) in [6.07, 6.45) is -7.57. The number of phenols is 1. The Morgan fingerprint density at radius 3 is 2.35 bits per heavy atom. The second-order valence-corrected chi connectivity index (χ2v) is 4.22. The van der Waals surface area contributed by atoms with Gasteiger partial charge >= 0.3 is 0 Å². The molecule has 0 bridgehead atoms. The Bertz CT molecular complexity index is 453. The molecule has 1 rings (SSSR count). The highest BCUT2D eigenvalue weighted by Crippen LogP contribution is 2.16. The van der Waals surface area contributed by atoms with Crippen molar-refractivity contribution in [1.82, 2.24) is 0 Å². The lowest BCUT2D eigenvalue weighted by molar-refractivity contribution is -0.144. The second-order valence-electron chi connectivity index (χ2n) is 4.22. The van der Waals surface area contributed by atoms with E-state index in [1.807, 2.05) is 0 Å². The van der Waals surface area contributed by atoms with Gasteiger partial charge < -0.3 is 36.0 Å². The molecule has 7 N–H and O–H groups in total. The van der Waals surface area contributed by atoms with Crippen molar-refractivity contribution in [3.8, 4) is 5.75 Å². The smallest absolute Gasteiger partial charge is 0.256 e. The van der Waals surface area contributed by atoms with E-state index in [4.69, 9.17) is 10.2 Å². The quantitative estimate of drug-likeness (QED) is 0.313. The minimum absolute atomic E-state index is 0.103. The fourth-order valence-electron chi connectivity index (χ4n) is 1.48. The maximum atomic E-state index is 11.6. The van der Waals surface area contributed by atoms with Crippen LogP contribution in [0.25, 0.3) is 0 Å². The number of carbonyl (C=O) groups is 1. The second kappa shape index (κ2) is 7.17. The van der Waals surface area contributed by atoms with Gasteiger partial charge in [0.05, 0.1) is 6.61 Å². The van der Waals surface area contributed by atoms with Gasteiger partial charge in [0.15, 0.2) is 6.10 Å². The Kier molecular flexibility index (Phi) is 5.86. The number of amides is 1. The number of hydrogen-bond donors (Lipinski definition) is 7. The number of aliphatic hydroxyl groups is 5. The van der Waals surface area contributed by atoms with Crippen molar-refractivity contribution in [3.05, 3.63) is 24.3 Å². The van der Waals surface area contributed by atoms with Crippen molar-refractivity contribution in [1.29, 1.82) is 0 Å². The summed E-state index contributed by atoms with van der Waals surface area (Å²) in [6, 6.07) is 5.49. The summed E-state index contributed by atoms with van der Waals surface area (Å²) in [7, 11) is 0. The number of hydrogen-bond acceptors (Lipinski definition) is 7. The van der Waals surface area contributed by atoms with E-state index in [9.17, 15) is 25.2 Å². The molecule has 8 heteroatoms. The first-order valence-corrected chi connectivity index (χ1v) is 5.80. The van der Waals surface area contributed by atoms with E-state index in [0.29, 0.717) is 0 Å². The lowest BCUT2D eigenvalue weighted by atomic mass is 10.0. The first-order valence-electron chi connectivity index (χ1n) is 5.80. The molecule has 0 saturated carbocycles. The van der Waals surface area contributed by atoms with Crippen LogP contribution in [0.4, 0.5) is 5.69 Å². The van der Waals surface area contributed by atoms with Crippen LogP contribution in [0.3, 0.4) is 0 Å². The highest BCUT2D eigenvalue weighted by Gasteiger charge is 2.34. The van der Waals surface area contributed by atoms with Crippen molar-refractivity contribution in [3.63, 3.8) is 0 Å². The molecule has 0 heterocycles. The monoisotopic (exact) mass is 287 g/mol. The van der Waals surface area contributed by atoms with E-state index in [2.05, 4.69) is 5.32 Å². The maximum absolute atomic E-state index is 11.6. The molecular weight excluding hydrogens is 270 g/mol. The van der Waals surface area contributed by atoms with Crippen molar-refractivity contribution in [2.24, 2.45) is 0 Å². The fraction of sp³-hybridized carbons (Fsp3) is 0.417. The van der Waals surface area contributed by atoms with Crippen LogP contribution >= 0.6 is 0 Å². The first-order chi connectivity index (χ1) is 9.36. The number of aliphatic hydroxyl groups excluding tert-OH is 5. The fourth-order valence-corrected chi connectivity index (χ4v) is 1.48. The molecule has 0 aliphatic heterocycles. The molecule has 0 aliphatic carbocycles. The van der Waals surface area contributed by atoms with E-state index >= 15 is 0 Å². The zero-order valence-corrected chi connectivity index (χ0v) is 10.4.